The molecule has 1 fully saturated rings. The first-order valence-electron chi connectivity index (χ1n) is 5.49. The summed E-state index contributed by atoms with van der Waals surface area (Å²) in [4.78, 5) is 11.4. The SMILES string of the molecule is Cc1ccc(C2(C)CC(=O)NC2C)cc1F. The van der Waals surface area contributed by atoms with Crippen molar-refractivity contribution in [1.82, 2.24) is 5.32 Å². The van der Waals surface area contributed by atoms with Crippen LogP contribution in [0.4, 0.5) is 4.39 Å². The quantitative estimate of drug-likeness (QED) is 0.774. The molecule has 2 unspecified atom stereocenters. The Kier molecular flexibility index (Phi) is 2.49. The van der Waals surface area contributed by atoms with Crippen molar-refractivity contribution in [1.29, 1.82) is 0 Å². The van der Waals surface area contributed by atoms with Gasteiger partial charge in [-0.3, -0.25) is 4.79 Å². The molecule has 86 valence electrons. The Bertz CT molecular complexity index is 444. The molecule has 0 aromatic heterocycles. The van der Waals surface area contributed by atoms with Gasteiger partial charge in [-0.1, -0.05) is 19.1 Å². The van der Waals surface area contributed by atoms with Crippen molar-refractivity contribution in [2.24, 2.45) is 0 Å². The van der Waals surface area contributed by atoms with E-state index in [1.807, 2.05) is 19.9 Å². The van der Waals surface area contributed by atoms with Crippen molar-refractivity contribution in [3.8, 4) is 0 Å². The summed E-state index contributed by atoms with van der Waals surface area (Å²) < 4.78 is 13.5. The zero-order valence-electron chi connectivity index (χ0n) is 9.80. The van der Waals surface area contributed by atoms with Crippen molar-refractivity contribution in [2.45, 2.75) is 38.6 Å². The summed E-state index contributed by atoms with van der Waals surface area (Å²) in [5.41, 5.74) is 1.23. The van der Waals surface area contributed by atoms with Gasteiger partial charge in [-0.05, 0) is 31.0 Å². The molecule has 1 heterocycles. The topological polar surface area (TPSA) is 29.1 Å². The van der Waals surface area contributed by atoms with E-state index in [4.69, 9.17) is 0 Å². The summed E-state index contributed by atoms with van der Waals surface area (Å²) in [5.74, 6) is -0.166. The van der Waals surface area contributed by atoms with Crippen LogP contribution in [0.5, 0.6) is 0 Å². The maximum absolute atomic E-state index is 13.5. The predicted molar refractivity (Wildman–Crippen MR) is 60.7 cm³/mol. The van der Waals surface area contributed by atoms with Gasteiger partial charge in [-0.25, -0.2) is 4.39 Å². The summed E-state index contributed by atoms with van der Waals surface area (Å²) in [5, 5.41) is 2.88. The van der Waals surface area contributed by atoms with Crippen LogP contribution in [0.15, 0.2) is 18.2 Å². The Morgan fingerprint density at radius 3 is 2.69 bits per heavy atom. The molecule has 2 atom stereocenters. The van der Waals surface area contributed by atoms with Crippen molar-refractivity contribution < 1.29 is 9.18 Å². The summed E-state index contributed by atoms with van der Waals surface area (Å²) in [6, 6.07) is 5.27. The summed E-state index contributed by atoms with van der Waals surface area (Å²) >= 11 is 0. The van der Waals surface area contributed by atoms with E-state index in [-0.39, 0.29) is 23.2 Å². The van der Waals surface area contributed by atoms with Crippen LogP contribution in [0.3, 0.4) is 0 Å². The molecule has 2 nitrogen and oxygen atoms in total. The molecule has 1 amide bonds. The van der Waals surface area contributed by atoms with Gasteiger partial charge in [0.25, 0.3) is 0 Å². The molecule has 0 saturated carbocycles. The monoisotopic (exact) mass is 221 g/mol. The molecule has 1 aliphatic heterocycles. The minimum atomic E-state index is -0.300. The lowest BCUT2D eigenvalue weighted by Gasteiger charge is -2.28. The normalized spacial score (nSPS) is 29.2. The van der Waals surface area contributed by atoms with Crippen LogP contribution in [0, 0.1) is 12.7 Å². The summed E-state index contributed by atoms with van der Waals surface area (Å²) in [7, 11) is 0. The minimum Gasteiger partial charge on any atom is -0.353 e. The largest absolute Gasteiger partial charge is 0.353 e. The molecule has 16 heavy (non-hydrogen) atoms. The number of rotatable bonds is 1. The van der Waals surface area contributed by atoms with Gasteiger partial charge < -0.3 is 5.32 Å². The number of halogens is 1. The van der Waals surface area contributed by atoms with Crippen molar-refractivity contribution in [3.05, 3.63) is 35.1 Å². The lowest BCUT2D eigenvalue weighted by atomic mass is 9.76. The van der Waals surface area contributed by atoms with Crippen LogP contribution in [-0.4, -0.2) is 11.9 Å². The lowest BCUT2D eigenvalue weighted by Crippen LogP contribution is -2.35. The number of amides is 1. The third kappa shape index (κ3) is 1.60. The average Bonchev–Trinajstić information content (AvgIpc) is 2.46. The maximum Gasteiger partial charge on any atom is 0.221 e. The fraction of sp³-hybridized carbons (Fsp3) is 0.462. The number of aryl methyl sites for hydroxylation is 1. The third-order valence-corrected chi connectivity index (χ3v) is 3.69. The predicted octanol–water partition coefficient (Wildman–Crippen LogP) is 2.30. The second kappa shape index (κ2) is 3.58. The highest BCUT2D eigenvalue weighted by Gasteiger charge is 2.41. The fourth-order valence-corrected chi connectivity index (χ4v) is 2.24. The molecular formula is C13H16FNO. The van der Waals surface area contributed by atoms with E-state index in [0.29, 0.717) is 12.0 Å². The molecule has 1 aromatic rings. The Morgan fingerprint density at radius 2 is 2.19 bits per heavy atom. The molecule has 2 rings (SSSR count). The second-order valence-corrected chi connectivity index (χ2v) is 4.85. The van der Waals surface area contributed by atoms with Gasteiger partial charge in [0.1, 0.15) is 5.82 Å². The van der Waals surface area contributed by atoms with E-state index in [9.17, 15) is 9.18 Å². The van der Waals surface area contributed by atoms with Crippen LogP contribution >= 0.6 is 0 Å². The highest BCUT2D eigenvalue weighted by molar-refractivity contribution is 5.81. The zero-order chi connectivity index (χ0) is 11.9. The van der Waals surface area contributed by atoms with Gasteiger partial charge >= 0.3 is 0 Å². The van der Waals surface area contributed by atoms with E-state index in [2.05, 4.69) is 5.32 Å². The molecule has 0 spiro atoms. The first-order valence-corrected chi connectivity index (χ1v) is 5.49. The average molecular weight is 221 g/mol. The van der Waals surface area contributed by atoms with E-state index >= 15 is 0 Å². The lowest BCUT2D eigenvalue weighted by molar-refractivity contribution is -0.119. The zero-order valence-corrected chi connectivity index (χ0v) is 9.80. The Hall–Kier alpha value is -1.38. The number of carbonyl (C=O) groups is 1. The molecular weight excluding hydrogens is 205 g/mol. The number of benzene rings is 1. The van der Waals surface area contributed by atoms with E-state index in [1.165, 1.54) is 0 Å². The van der Waals surface area contributed by atoms with Gasteiger partial charge in [0.2, 0.25) is 5.91 Å². The molecule has 1 N–H and O–H groups in total. The Balaban J connectivity index is 2.43. The number of nitrogens with one attached hydrogen (secondary N) is 1. The van der Waals surface area contributed by atoms with Gasteiger partial charge in [-0.2, -0.15) is 0 Å². The number of hydrogen-bond acceptors (Lipinski definition) is 1. The summed E-state index contributed by atoms with van der Waals surface area (Å²) in [6.07, 6.45) is 0.427. The molecule has 0 bridgehead atoms. The van der Waals surface area contributed by atoms with E-state index < -0.39 is 0 Å². The van der Waals surface area contributed by atoms with E-state index in [0.717, 1.165) is 5.56 Å². The molecule has 0 aliphatic carbocycles. The molecule has 1 aromatic carbocycles. The van der Waals surface area contributed by atoms with Gasteiger partial charge in [0.05, 0.1) is 0 Å². The highest BCUT2D eigenvalue weighted by Crippen LogP contribution is 2.35. The maximum atomic E-state index is 13.5. The minimum absolute atomic E-state index is 0.0379. The third-order valence-electron chi connectivity index (χ3n) is 3.69. The Morgan fingerprint density at radius 1 is 1.50 bits per heavy atom. The second-order valence-electron chi connectivity index (χ2n) is 4.85. The molecule has 0 radical (unpaired) electrons. The van der Waals surface area contributed by atoms with Crippen molar-refractivity contribution in [2.75, 3.05) is 0 Å². The molecule has 3 heteroatoms. The van der Waals surface area contributed by atoms with Crippen LogP contribution in [-0.2, 0) is 10.2 Å². The smallest absolute Gasteiger partial charge is 0.221 e. The summed E-state index contributed by atoms with van der Waals surface area (Å²) in [6.45, 7) is 5.70. The number of carbonyl (C=O) groups excluding carboxylic acids is 1. The number of hydrogen-bond donors (Lipinski definition) is 1. The standard InChI is InChI=1S/C13H16FNO/c1-8-4-5-10(6-11(8)14)13(3)7-12(16)15-9(13)2/h4-6,9H,7H2,1-3H3,(H,15,16). The van der Waals surface area contributed by atoms with Gasteiger partial charge in [0.15, 0.2) is 0 Å². The van der Waals surface area contributed by atoms with Crippen molar-refractivity contribution in [3.63, 3.8) is 0 Å². The first-order chi connectivity index (χ1) is 7.43. The molecule has 1 aliphatic rings. The molecule has 1 saturated heterocycles. The van der Waals surface area contributed by atoms with E-state index in [1.54, 1.807) is 19.1 Å². The van der Waals surface area contributed by atoms with Crippen LogP contribution in [0.1, 0.15) is 31.4 Å². The van der Waals surface area contributed by atoms with Crippen LogP contribution in [0.25, 0.3) is 0 Å². The first kappa shape index (κ1) is 11.1. The van der Waals surface area contributed by atoms with Crippen LogP contribution in [0.2, 0.25) is 0 Å². The highest BCUT2D eigenvalue weighted by atomic mass is 19.1. The van der Waals surface area contributed by atoms with Crippen molar-refractivity contribution >= 4 is 5.91 Å². The van der Waals surface area contributed by atoms with Gasteiger partial charge in [-0.15, -0.1) is 0 Å². The van der Waals surface area contributed by atoms with Gasteiger partial charge in [0, 0.05) is 17.9 Å². The van der Waals surface area contributed by atoms with Crippen LogP contribution < -0.4 is 5.32 Å². The fourth-order valence-electron chi connectivity index (χ4n) is 2.24. The Labute approximate surface area is 94.9 Å².